The summed E-state index contributed by atoms with van der Waals surface area (Å²) in [6, 6.07) is 4.29. The first-order valence-electron chi connectivity index (χ1n) is 10.1. The lowest BCUT2D eigenvalue weighted by Gasteiger charge is -2.24. The van der Waals surface area contributed by atoms with Crippen LogP contribution < -0.4 is 5.32 Å². The predicted octanol–water partition coefficient (Wildman–Crippen LogP) is 3.99. The lowest BCUT2D eigenvalue weighted by Crippen LogP contribution is -2.31. The van der Waals surface area contributed by atoms with Crippen LogP contribution in [0.5, 0.6) is 0 Å². The fourth-order valence-electron chi connectivity index (χ4n) is 3.65. The van der Waals surface area contributed by atoms with Crippen molar-refractivity contribution in [3.8, 4) is 0 Å². The van der Waals surface area contributed by atoms with Crippen molar-refractivity contribution < 1.29 is 22.0 Å². The van der Waals surface area contributed by atoms with Crippen molar-refractivity contribution in [1.29, 1.82) is 0 Å². The van der Waals surface area contributed by atoms with Crippen LogP contribution in [0.25, 0.3) is 11.0 Å². The lowest BCUT2D eigenvalue weighted by atomic mass is 9.99. The zero-order chi connectivity index (χ0) is 24.0. The molecule has 33 heavy (non-hydrogen) atoms. The Kier molecular flexibility index (Phi) is 6.00. The molecule has 2 atom stereocenters. The van der Waals surface area contributed by atoms with Gasteiger partial charge < -0.3 is 9.88 Å². The fourth-order valence-corrected chi connectivity index (χ4v) is 4.40. The number of alkyl halides is 1. The number of fused-ring (bicyclic) bond motifs is 1. The van der Waals surface area contributed by atoms with Gasteiger partial charge in [-0.3, -0.25) is 4.79 Å². The number of carbonyl (C=O) groups excluding carboxylic acids is 1. The smallest absolute Gasteiger partial charge is 0.270 e. The molecular formula is C22H21ClF2N4O3S. The Labute approximate surface area is 194 Å². The molecule has 7 nitrogen and oxygen atoms in total. The minimum Gasteiger partial charge on any atom is -0.345 e. The van der Waals surface area contributed by atoms with E-state index in [1.54, 1.807) is 17.6 Å². The number of benzene rings is 1. The van der Waals surface area contributed by atoms with E-state index in [1.165, 1.54) is 36.8 Å². The van der Waals surface area contributed by atoms with Crippen LogP contribution in [-0.2, 0) is 9.84 Å². The van der Waals surface area contributed by atoms with E-state index in [1.807, 2.05) is 0 Å². The van der Waals surface area contributed by atoms with Crippen LogP contribution >= 0.6 is 11.6 Å². The number of carbonyl (C=O) groups is 1. The Morgan fingerprint density at radius 3 is 2.73 bits per heavy atom. The minimum absolute atomic E-state index is 0.0640. The molecule has 0 radical (unpaired) electrons. The summed E-state index contributed by atoms with van der Waals surface area (Å²) in [5, 5.41) is 3.50. The maximum Gasteiger partial charge on any atom is 0.270 e. The summed E-state index contributed by atoms with van der Waals surface area (Å²) in [5.74, 6) is -1.16. The van der Waals surface area contributed by atoms with Crippen LogP contribution in [0.1, 0.15) is 41.9 Å². The highest BCUT2D eigenvalue weighted by Gasteiger charge is 2.53. The first-order valence-corrected chi connectivity index (χ1v) is 12.5. The zero-order valence-electron chi connectivity index (χ0n) is 17.8. The Morgan fingerprint density at radius 1 is 1.33 bits per heavy atom. The van der Waals surface area contributed by atoms with E-state index in [4.69, 9.17) is 11.6 Å². The van der Waals surface area contributed by atoms with Crippen LogP contribution in [0, 0.1) is 5.82 Å². The number of pyridine rings is 1. The van der Waals surface area contributed by atoms with Crippen molar-refractivity contribution in [2.24, 2.45) is 0 Å². The molecule has 1 fully saturated rings. The number of hydrogen-bond donors (Lipinski definition) is 1. The summed E-state index contributed by atoms with van der Waals surface area (Å²) in [6.07, 6.45) is 5.84. The molecule has 4 rings (SSSR count). The quantitative estimate of drug-likeness (QED) is 0.536. The van der Waals surface area contributed by atoms with Crippen LogP contribution in [0.15, 0.2) is 48.3 Å². The minimum atomic E-state index is -3.31. The van der Waals surface area contributed by atoms with Crippen LogP contribution in [-0.4, -0.2) is 46.8 Å². The molecule has 1 aliphatic rings. The molecule has 11 heteroatoms. The maximum atomic E-state index is 15.4. The van der Waals surface area contributed by atoms with E-state index in [9.17, 15) is 17.6 Å². The Bertz CT molecular complexity index is 1370. The molecule has 1 aliphatic carbocycles. The monoisotopic (exact) mass is 494 g/mol. The van der Waals surface area contributed by atoms with E-state index in [0.717, 1.165) is 11.7 Å². The number of amides is 1. The van der Waals surface area contributed by atoms with Gasteiger partial charge in [0.2, 0.25) is 0 Å². The number of imidazole rings is 1. The molecule has 1 N–H and O–H groups in total. The van der Waals surface area contributed by atoms with E-state index in [-0.39, 0.29) is 10.7 Å². The number of nitrogens with zero attached hydrogens (tertiary/aromatic N) is 3. The molecule has 0 aliphatic heterocycles. The normalized spacial score (nSPS) is 17.2. The highest BCUT2D eigenvalue weighted by atomic mass is 35.5. The average Bonchev–Trinajstić information content (AvgIpc) is 3.35. The van der Waals surface area contributed by atoms with Crippen molar-refractivity contribution in [3.63, 3.8) is 0 Å². The van der Waals surface area contributed by atoms with Gasteiger partial charge >= 0.3 is 0 Å². The Balaban J connectivity index is 1.65. The third kappa shape index (κ3) is 4.91. The van der Waals surface area contributed by atoms with Gasteiger partial charge in [0.25, 0.3) is 5.91 Å². The molecule has 2 heterocycles. The second-order valence-corrected chi connectivity index (χ2v) is 10.5. The predicted molar refractivity (Wildman–Crippen MR) is 121 cm³/mol. The van der Waals surface area contributed by atoms with Gasteiger partial charge in [-0.25, -0.2) is 27.2 Å². The average molecular weight is 495 g/mol. The number of hydrogen-bond acceptors (Lipinski definition) is 5. The summed E-state index contributed by atoms with van der Waals surface area (Å²) in [4.78, 5) is 21.0. The van der Waals surface area contributed by atoms with Gasteiger partial charge in [-0.15, -0.1) is 0 Å². The van der Waals surface area contributed by atoms with Crippen molar-refractivity contribution in [2.75, 3.05) is 6.26 Å². The SMILES string of the molecule is C[C@H](/C=C/S(C)(=O)=O)NC(=O)c1cc2ncn([C@@H](c3cccc(F)c3Cl)C3(F)CC3)c2cn1. The van der Waals surface area contributed by atoms with Gasteiger partial charge in [0, 0.05) is 17.7 Å². The molecule has 0 bridgehead atoms. The van der Waals surface area contributed by atoms with Gasteiger partial charge in [0.1, 0.15) is 17.2 Å². The van der Waals surface area contributed by atoms with Gasteiger partial charge in [0.15, 0.2) is 9.84 Å². The first kappa shape index (κ1) is 23.3. The summed E-state index contributed by atoms with van der Waals surface area (Å²) in [5.41, 5.74) is -0.358. The number of sulfone groups is 1. The van der Waals surface area contributed by atoms with Crippen molar-refractivity contribution in [3.05, 3.63) is 70.4 Å². The summed E-state index contributed by atoms with van der Waals surface area (Å²) in [7, 11) is -3.31. The summed E-state index contributed by atoms with van der Waals surface area (Å²) >= 11 is 6.17. The topological polar surface area (TPSA) is 94.0 Å². The summed E-state index contributed by atoms with van der Waals surface area (Å²) in [6.45, 7) is 1.62. The van der Waals surface area contributed by atoms with E-state index < -0.39 is 39.3 Å². The molecule has 1 aromatic carbocycles. The van der Waals surface area contributed by atoms with Gasteiger partial charge in [-0.05, 0) is 37.5 Å². The zero-order valence-corrected chi connectivity index (χ0v) is 19.4. The number of nitrogens with one attached hydrogen (secondary N) is 1. The van der Waals surface area contributed by atoms with Crippen LogP contribution in [0.4, 0.5) is 8.78 Å². The van der Waals surface area contributed by atoms with Crippen LogP contribution in [0.2, 0.25) is 5.02 Å². The number of halogens is 3. The molecule has 3 aromatic rings. The van der Waals surface area contributed by atoms with Crippen molar-refractivity contribution >= 4 is 38.4 Å². The molecule has 0 spiro atoms. The molecule has 1 amide bonds. The van der Waals surface area contributed by atoms with Gasteiger partial charge in [-0.2, -0.15) is 0 Å². The second kappa shape index (κ2) is 8.49. The third-order valence-corrected chi connectivity index (χ3v) is 6.49. The lowest BCUT2D eigenvalue weighted by molar-refractivity contribution is 0.0942. The second-order valence-electron chi connectivity index (χ2n) is 8.21. The fraction of sp³-hybridized carbons (Fsp3) is 0.318. The Morgan fingerprint density at radius 2 is 2.06 bits per heavy atom. The molecular weight excluding hydrogens is 474 g/mol. The third-order valence-electron chi connectivity index (χ3n) is 5.44. The highest BCUT2D eigenvalue weighted by molar-refractivity contribution is 7.93. The number of rotatable bonds is 7. The maximum absolute atomic E-state index is 15.4. The standard InChI is InChI=1S/C22H21ClF2N4O3S/c1-13(6-9-33(2,31)32)28-21(30)17-10-16-18(11-26-17)29(12-27-16)20(22(25)7-8-22)14-4-3-5-15(24)19(14)23/h3-6,9-13,20H,7-8H2,1-2H3,(H,28,30)/b9-6+/t13-,20+/m1/s1. The van der Waals surface area contributed by atoms with Crippen molar-refractivity contribution in [2.45, 2.75) is 37.5 Å². The Hall–Kier alpha value is -2.85. The molecule has 0 saturated heterocycles. The van der Waals surface area contributed by atoms with Gasteiger partial charge in [-0.1, -0.05) is 29.8 Å². The van der Waals surface area contributed by atoms with Gasteiger partial charge in [0.05, 0.1) is 34.6 Å². The van der Waals surface area contributed by atoms with Crippen molar-refractivity contribution in [1.82, 2.24) is 19.9 Å². The largest absolute Gasteiger partial charge is 0.345 e. The first-order chi connectivity index (χ1) is 15.5. The molecule has 0 unspecified atom stereocenters. The molecule has 2 aromatic heterocycles. The summed E-state index contributed by atoms with van der Waals surface area (Å²) < 4.78 is 53.5. The van der Waals surface area contributed by atoms with Crippen LogP contribution in [0.3, 0.4) is 0 Å². The van der Waals surface area contributed by atoms with E-state index in [2.05, 4.69) is 15.3 Å². The molecule has 1 saturated carbocycles. The molecule has 174 valence electrons. The highest BCUT2D eigenvalue weighted by Crippen LogP contribution is 2.53. The van der Waals surface area contributed by atoms with E-state index in [0.29, 0.717) is 29.4 Å². The van der Waals surface area contributed by atoms with E-state index >= 15 is 4.39 Å². The number of aromatic nitrogens is 3.